The second-order valence-electron chi connectivity index (χ2n) is 7.45. The highest BCUT2D eigenvalue weighted by atomic mass is 16.5. The average molecular weight is 395 g/mol. The number of phenolic OH excluding ortho intramolecular Hbond substituents is 2. The molecule has 0 spiro atoms. The van der Waals surface area contributed by atoms with Crippen LogP contribution in [0.25, 0.3) is 0 Å². The lowest BCUT2D eigenvalue weighted by Gasteiger charge is -2.12. The zero-order chi connectivity index (χ0) is 21.2. The van der Waals surface area contributed by atoms with E-state index in [1.807, 2.05) is 43.3 Å². The van der Waals surface area contributed by atoms with Crippen molar-refractivity contribution in [2.24, 2.45) is 0 Å². The molecule has 0 unspecified atom stereocenters. The molecular formula is C25H30O4. The van der Waals surface area contributed by atoms with E-state index in [1.54, 1.807) is 0 Å². The summed E-state index contributed by atoms with van der Waals surface area (Å²) in [6, 6.07) is 12.5. The number of allylic oxidation sites excluding steroid dienone is 3. The summed E-state index contributed by atoms with van der Waals surface area (Å²) in [4.78, 5) is 12.6. The van der Waals surface area contributed by atoms with E-state index in [4.69, 9.17) is 4.74 Å². The number of rotatable bonds is 9. The summed E-state index contributed by atoms with van der Waals surface area (Å²) in [7, 11) is 0. The Morgan fingerprint density at radius 3 is 2.41 bits per heavy atom. The Bertz CT molecular complexity index is 875. The summed E-state index contributed by atoms with van der Waals surface area (Å²) in [5.74, 6) is -0.918. The molecule has 0 saturated heterocycles. The van der Waals surface area contributed by atoms with E-state index in [2.05, 4.69) is 19.9 Å². The van der Waals surface area contributed by atoms with Crippen LogP contribution in [0.5, 0.6) is 11.5 Å². The number of aromatic hydroxyl groups is 2. The molecule has 0 heterocycles. The largest absolute Gasteiger partial charge is 0.508 e. The van der Waals surface area contributed by atoms with Crippen LogP contribution in [-0.2, 0) is 17.6 Å². The molecule has 2 aromatic rings. The Labute approximate surface area is 173 Å². The predicted octanol–water partition coefficient (Wildman–Crippen LogP) is 5.73. The van der Waals surface area contributed by atoms with Crippen molar-refractivity contribution in [3.63, 3.8) is 0 Å². The van der Waals surface area contributed by atoms with Gasteiger partial charge in [-0.1, -0.05) is 47.6 Å². The predicted molar refractivity (Wildman–Crippen MR) is 116 cm³/mol. The minimum Gasteiger partial charge on any atom is -0.508 e. The molecule has 0 bridgehead atoms. The molecule has 0 amide bonds. The molecule has 0 radical (unpaired) electrons. The summed E-state index contributed by atoms with van der Waals surface area (Å²) in [6.45, 7) is 6.30. The molecule has 0 aliphatic rings. The van der Waals surface area contributed by atoms with Crippen molar-refractivity contribution in [1.82, 2.24) is 0 Å². The van der Waals surface area contributed by atoms with Crippen LogP contribution in [0, 0.1) is 0 Å². The van der Waals surface area contributed by atoms with Gasteiger partial charge in [-0.15, -0.1) is 0 Å². The monoisotopic (exact) mass is 394 g/mol. The van der Waals surface area contributed by atoms with Crippen molar-refractivity contribution in [1.29, 1.82) is 0 Å². The van der Waals surface area contributed by atoms with Crippen molar-refractivity contribution in [3.8, 4) is 11.5 Å². The summed E-state index contributed by atoms with van der Waals surface area (Å²) in [6.07, 6.45) is 7.13. The molecule has 4 nitrogen and oxygen atoms in total. The molecule has 0 aliphatic carbocycles. The first-order chi connectivity index (χ1) is 13.9. The van der Waals surface area contributed by atoms with Gasteiger partial charge in [-0.3, -0.25) is 0 Å². The second kappa shape index (κ2) is 11.1. The quantitative estimate of drug-likeness (QED) is 0.421. The zero-order valence-corrected chi connectivity index (χ0v) is 17.4. The van der Waals surface area contributed by atoms with Crippen molar-refractivity contribution in [2.75, 3.05) is 6.61 Å². The van der Waals surface area contributed by atoms with E-state index < -0.39 is 5.97 Å². The van der Waals surface area contributed by atoms with E-state index in [1.165, 1.54) is 17.7 Å². The van der Waals surface area contributed by atoms with Gasteiger partial charge >= 0.3 is 5.97 Å². The Morgan fingerprint density at radius 1 is 1.00 bits per heavy atom. The van der Waals surface area contributed by atoms with Crippen molar-refractivity contribution in [2.45, 2.75) is 46.5 Å². The topological polar surface area (TPSA) is 66.8 Å². The van der Waals surface area contributed by atoms with Crippen LogP contribution >= 0.6 is 0 Å². The number of benzene rings is 2. The first-order valence-corrected chi connectivity index (χ1v) is 9.91. The van der Waals surface area contributed by atoms with Gasteiger partial charge in [-0.05, 0) is 69.7 Å². The molecule has 0 saturated carbocycles. The number of esters is 1. The fourth-order valence-corrected chi connectivity index (χ4v) is 3.05. The minimum absolute atomic E-state index is 0.0721. The van der Waals surface area contributed by atoms with Crippen LogP contribution in [0.1, 0.15) is 55.1 Å². The lowest BCUT2D eigenvalue weighted by Crippen LogP contribution is -2.10. The van der Waals surface area contributed by atoms with Gasteiger partial charge in [0, 0.05) is 6.07 Å². The highest BCUT2D eigenvalue weighted by molar-refractivity contribution is 5.94. The van der Waals surface area contributed by atoms with Gasteiger partial charge in [0.1, 0.15) is 23.7 Å². The van der Waals surface area contributed by atoms with E-state index in [0.717, 1.165) is 24.0 Å². The first kappa shape index (κ1) is 22.3. The SMILES string of the molecule is CC(C)=CCC/C(C)=C/COC(=O)c1c(O)cc(O)cc1CCc1ccccc1. The van der Waals surface area contributed by atoms with Gasteiger partial charge in [0.2, 0.25) is 0 Å². The van der Waals surface area contributed by atoms with Gasteiger partial charge in [0.15, 0.2) is 0 Å². The number of carbonyl (C=O) groups excluding carboxylic acids is 1. The lowest BCUT2D eigenvalue weighted by molar-refractivity contribution is 0.0544. The Kier molecular flexibility index (Phi) is 8.53. The molecular weight excluding hydrogens is 364 g/mol. The van der Waals surface area contributed by atoms with E-state index in [9.17, 15) is 15.0 Å². The molecule has 2 rings (SSSR count). The third-order valence-electron chi connectivity index (χ3n) is 4.65. The Balaban J connectivity index is 2.04. The number of phenols is 2. The van der Waals surface area contributed by atoms with Gasteiger partial charge in [0.25, 0.3) is 0 Å². The van der Waals surface area contributed by atoms with E-state index >= 15 is 0 Å². The smallest absolute Gasteiger partial charge is 0.342 e. The van der Waals surface area contributed by atoms with Crippen LogP contribution < -0.4 is 0 Å². The summed E-state index contributed by atoms with van der Waals surface area (Å²) in [5, 5.41) is 20.1. The highest BCUT2D eigenvalue weighted by Crippen LogP contribution is 2.29. The van der Waals surface area contributed by atoms with Crippen molar-refractivity contribution >= 4 is 5.97 Å². The van der Waals surface area contributed by atoms with Crippen LogP contribution in [0.2, 0.25) is 0 Å². The fraction of sp³-hybridized carbons (Fsp3) is 0.320. The second-order valence-corrected chi connectivity index (χ2v) is 7.45. The normalized spacial score (nSPS) is 11.2. The van der Waals surface area contributed by atoms with Crippen LogP contribution in [0.15, 0.2) is 65.8 Å². The third-order valence-corrected chi connectivity index (χ3v) is 4.65. The maximum atomic E-state index is 12.6. The van der Waals surface area contributed by atoms with Crippen molar-refractivity contribution < 1.29 is 19.7 Å². The molecule has 0 aliphatic heterocycles. The van der Waals surface area contributed by atoms with E-state index in [0.29, 0.717) is 18.4 Å². The molecule has 154 valence electrons. The Morgan fingerprint density at radius 2 is 1.72 bits per heavy atom. The summed E-state index contributed by atoms with van der Waals surface area (Å²) < 4.78 is 5.37. The molecule has 2 aromatic carbocycles. The maximum Gasteiger partial charge on any atom is 0.342 e. The molecule has 0 fully saturated rings. The van der Waals surface area contributed by atoms with Gasteiger partial charge < -0.3 is 14.9 Å². The molecule has 29 heavy (non-hydrogen) atoms. The molecule has 0 atom stereocenters. The van der Waals surface area contributed by atoms with Gasteiger partial charge in [-0.25, -0.2) is 4.79 Å². The number of hydrogen-bond acceptors (Lipinski definition) is 4. The number of ether oxygens (including phenoxy) is 1. The number of aryl methyl sites for hydroxylation is 2. The highest BCUT2D eigenvalue weighted by Gasteiger charge is 2.19. The average Bonchev–Trinajstić information content (AvgIpc) is 2.66. The molecule has 2 N–H and O–H groups in total. The molecule has 4 heteroatoms. The van der Waals surface area contributed by atoms with Crippen LogP contribution in [0.4, 0.5) is 0 Å². The fourth-order valence-electron chi connectivity index (χ4n) is 3.05. The lowest BCUT2D eigenvalue weighted by atomic mass is 9.98. The summed E-state index contributed by atoms with van der Waals surface area (Å²) in [5.41, 5.74) is 4.24. The zero-order valence-electron chi connectivity index (χ0n) is 17.4. The Hall–Kier alpha value is -3.01. The number of hydrogen-bond donors (Lipinski definition) is 2. The standard InChI is InChI=1S/C25H30O4/c1-18(2)8-7-9-19(3)14-15-29-25(28)24-21(16-22(26)17-23(24)27)13-12-20-10-5-4-6-11-20/h4-6,8,10-11,14,16-17,26-27H,7,9,12-13,15H2,1-3H3/b19-14+. The summed E-state index contributed by atoms with van der Waals surface area (Å²) >= 11 is 0. The maximum absolute atomic E-state index is 12.6. The van der Waals surface area contributed by atoms with E-state index in [-0.39, 0.29) is 23.7 Å². The molecule has 0 aromatic heterocycles. The van der Waals surface area contributed by atoms with Gasteiger partial charge in [0.05, 0.1) is 0 Å². The van der Waals surface area contributed by atoms with Crippen LogP contribution in [0.3, 0.4) is 0 Å². The van der Waals surface area contributed by atoms with Gasteiger partial charge in [-0.2, -0.15) is 0 Å². The third kappa shape index (κ3) is 7.49. The number of carbonyl (C=O) groups is 1. The van der Waals surface area contributed by atoms with Crippen LogP contribution in [-0.4, -0.2) is 22.8 Å². The first-order valence-electron chi connectivity index (χ1n) is 9.91. The minimum atomic E-state index is -0.584. The van der Waals surface area contributed by atoms with Crippen molar-refractivity contribution in [3.05, 3.63) is 82.5 Å².